The number of piperidine rings is 1. The standard InChI is InChI=1S/C19H29N3O3S/c1-25-18-4-6-19(7-5-18)26(23,24)22-12-9-20(10-13-22)8-11-21-15-16-2-3-17(21)14-16/h4-7,16-17H,2-3,8-15H2,1H3/t16-,17+/m0/s1. The molecule has 2 bridgehead atoms. The third-order valence-electron chi connectivity index (χ3n) is 6.25. The second-order valence-corrected chi connectivity index (χ2v) is 9.69. The molecule has 0 N–H and O–H groups in total. The van der Waals surface area contributed by atoms with E-state index >= 15 is 0 Å². The lowest BCUT2D eigenvalue weighted by molar-refractivity contribution is 0.143. The van der Waals surface area contributed by atoms with E-state index in [0.717, 1.165) is 38.1 Å². The van der Waals surface area contributed by atoms with E-state index < -0.39 is 10.0 Å². The molecule has 144 valence electrons. The van der Waals surface area contributed by atoms with Gasteiger partial charge in [-0.15, -0.1) is 0 Å². The average Bonchev–Trinajstić information content (AvgIpc) is 3.30. The average molecular weight is 380 g/mol. The Hall–Kier alpha value is -1.15. The predicted molar refractivity (Wildman–Crippen MR) is 101 cm³/mol. The Morgan fingerprint density at radius 2 is 1.77 bits per heavy atom. The minimum atomic E-state index is -3.41. The van der Waals surface area contributed by atoms with E-state index in [4.69, 9.17) is 4.74 Å². The minimum Gasteiger partial charge on any atom is -0.497 e. The van der Waals surface area contributed by atoms with Crippen LogP contribution in [-0.2, 0) is 10.0 Å². The molecule has 0 spiro atoms. The highest BCUT2D eigenvalue weighted by Crippen LogP contribution is 2.37. The van der Waals surface area contributed by atoms with Crippen LogP contribution >= 0.6 is 0 Å². The van der Waals surface area contributed by atoms with Crippen molar-refractivity contribution in [1.82, 2.24) is 14.1 Å². The molecule has 1 aromatic rings. The van der Waals surface area contributed by atoms with Gasteiger partial charge in [-0.2, -0.15) is 4.31 Å². The first-order valence-corrected chi connectivity index (χ1v) is 11.1. The van der Waals surface area contributed by atoms with Crippen LogP contribution in [0.1, 0.15) is 19.3 Å². The Kier molecular flexibility index (Phi) is 5.23. The Bertz CT molecular complexity index is 714. The second-order valence-electron chi connectivity index (χ2n) is 7.75. The summed E-state index contributed by atoms with van der Waals surface area (Å²) in [6.07, 6.45) is 4.19. The van der Waals surface area contributed by atoms with Crippen molar-refractivity contribution in [3.05, 3.63) is 24.3 Å². The quantitative estimate of drug-likeness (QED) is 0.750. The van der Waals surface area contributed by atoms with E-state index in [0.29, 0.717) is 23.7 Å². The van der Waals surface area contributed by atoms with Crippen molar-refractivity contribution in [2.75, 3.05) is 52.9 Å². The maximum absolute atomic E-state index is 12.8. The molecule has 2 aliphatic heterocycles. The number of methoxy groups -OCH3 is 1. The van der Waals surface area contributed by atoms with Gasteiger partial charge in [-0.25, -0.2) is 8.42 Å². The molecule has 4 rings (SSSR count). The van der Waals surface area contributed by atoms with Crippen molar-refractivity contribution in [2.45, 2.75) is 30.2 Å². The summed E-state index contributed by atoms with van der Waals surface area (Å²) in [5, 5.41) is 0. The summed E-state index contributed by atoms with van der Waals surface area (Å²) in [5.74, 6) is 1.61. The Balaban J connectivity index is 1.28. The maximum atomic E-state index is 12.8. The first-order valence-electron chi connectivity index (χ1n) is 9.67. The second kappa shape index (κ2) is 7.46. The Labute approximate surface area is 156 Å². The van der Waals surface area contributed by atoms with Crippen molar-refractivity contribution in [3.63, 3.8) is 0 Å². The molecule has 1 aromatic carbocycles. The normalized spacial score (nSPS) is 27.9. The van der Waals surface area contributed by atoms with Crippen molar-refractivity contribution in [3.8, 4) is 5.75 Å². The topological polar surface area (TPSA) is 53.1 Å². The molecule has 0 amide bonds. The van der Waals surface area contributed by atoms with E-state index in [1.54, 1.807) is 35.7 Å². The van der Waals surface area contributed by atoms with Crippen molar-refractivity contribution >= 4 is 10.0 Å². The molecule has 2 atom stereocenters. The van der Waals surface area contributed by atoms with Gasteiger partial charge >= 0.3 is 0 Å². The predicted octanol–water partition coefficient (Wildman–Crippen LogP) is 1.49. The molecule has 0 aromatic heterocycles. The van der Waals surface area contributed by atoms with Crippen LogP contribution in [0.25, 0.3) is 0 Å². The fourth-order valence-electron chi connectivity index (χ4n) is 4.66. The van der Waals surface area contributed by atoms with E-state index in [1.165, 1.54) is 25.8 Å². The third-order valence-corrected chi connectivity index (χ3v) is 8.17. The number of hydrogen-bond donors (Lipinski definition) is 0. The lowest BCUT2D eigenvalue weighted by Crippen LogP contribution is -2.50. The summed E-state index contributed by atoms with van der Waals surface area (Å²) in [7, 11) is -1.83. The first-order chi connectivity index (χ1) is 12.6. The molecule has 0 radical (unpaired) electrons. The number of nitrogens with zero attached hydrogens (tertiary/aromatic N) is 3. The summed E-state index contributed by atoms with van der Waals surface area (Å²) >= 11 is 0. The number of piperazine rings is 1. The molecular formula is C19H29N3O3S. The summed E-state index contributed by atoms with van der Waals surface area (Å²) in [6, 6.07) is 7.47. The molecule has 2 heterocycles. The van der Waals surface area contributed by atoms with E-state index in [9.17, 15) is 8.42 Å². The smallest absolute Gasteiger partial charge is 0.243 e. The molecule has 1 saturated carbocycles. The van der Waals surface area contributed by atoms with Gasteiger partial charge < -0.3 is 4.74 Å². The van der Waals surface area contributed by atoms with Crippen LogP contribution in [0.2, 0.25) is 0 Å². The fourth-order valence-corrected chi connectivity index (χ4v) is 6.08. The van der Waals surface area contributed by atoms with Crippen LogP contribution in [0.15, 0.2) is 29.2 Å². The summed E-state index contributed by atoms with van der Waals surface area (Å²) < 4.78 is 32.3. The number of benzene rings is 1. The SMILES string of the molecule is COc1ccc(S(=O)(=O)N2CCN(CCN3C[C@H]4CC[C@@H]3C4)CC2)cc1. The Morgan fingerprint density at radius 1 is 1.04 bits per heavy atom. The highest BCUT2D eigenvalue weighted by Gasteiger charge is 2.37. The summed E-state index contributed by atoms with van der Waals surface area (Å²) in [4.78, 5) is 5.40. The monoisotopic (exact) mass is 379 g/mol. The van der Waals surface area contributed by atoms with Crippen LogP contribution in [0.3, 0.4) is 0 Å². The molecule has 3 aliphatic rings. The summed E-state index contributed by atoms with van der Waals surface area (Å²) in [5.41, 5.74) is 0. The van der Waals surface area contributed by atoms with Gasteiger partial charge in [0, 0.05) is 51.9 Å². The van der Waals surface area contributed by atoms with Gasteiger partial charge in [0.1, 0.15) is 5.75 Å². The number of rotatable bonds is 6. The van der Waals surface area contributed by atoms with E-state index in [1.807, 2.05) is 0 Å². The van der Waals surface area contributed by atoms with Gasteiger partial charge in [0.2, 0.25) is 10.0 Å². The lowest BCUT2D eigenvalue weighted by atomic mass is 10.1. The molecule has 6 nitrogen and oxygen atoms in total. The zero-order chi connectivity index (χ0) is 18.1. The molecule has 0 unspecified atom stereocenters. The van der Waals surface area contributed by atoms with Gasteiger partial charge in [0.05, 0.1) is 12.0 Å². The van der Waals surface area contributed by atoms with Crippen molar-refractivity contribution < 1.29 is 13.2 Å². The largest absolute Gasteiger partial charge is 0.497 e. The molecule has 7 heteroatoms. The lowest BCUT2D eigenvalue weighted by Gasteiger charge is -2.36. The van der Waals surface area contributed by atoms with Crippen LogP contribution in [0.5, 0.6) is 5.75 Å². The number of sulfonamides is 1. The molecule has 26 heavy (non-hydrogen) atoms. The zero-order valence-electron chi connectivity index (χ0n) is 15.5. The molecular weight excluding hydrogens is 350 g/mol. The van der Waals surface area contributed by atoms with Gasteiger partial charge in [-0.3, -0.25) is 9.80 Å². The van der Waals surface area contributed by atoms with Crippen molar-refractivity contribution in [2.24, 2.45) is 5.92 Å². The highest BCUT2D eigenvalue weighted by atomic mass is 32.2. The van der Waals surface area contributed by atoms with Crippen LogP contribution < -0.4 is 4.74 Å². The zero-order valence-corrected chi connectivity index (χ0v) is 16.3. The van der Waals surface area contributed by atoms with Gasteiger partial charge in [-0.1, -0.05) is 0 Å². The van der Waals surface area contributed by atoms with Gasteiger partial charge in [0.15, 0.2) is 0 Å². The van der Waals surface area contributed by atoms with Gasteiger partial charge in [0.25, 0.3) is 0 Å². The van der Waals surface area contributed by atoms with Crippen LogP contribution in [0.4, 0.5) is 0 Å². The highest BCUT2D eigenvalue weighted by molar-refractivity contribution is 7.89. The van der Waals surface area contributed by atoms with Crippen LogP contribution in [-0.4, -0.2) is 81.5 Å². The number of likely N-dealkylation sites (tertiary alicyclic amines) is 1. The maximum Gasteiger partial charge on any atom is 0.243 e. The molecule has 3 fully saturated rings. The number of ether oxygens (including phenoxy) is 1. The number of hydrogen-bond acceptors (Lipinski definition) is 5. The number of fused-ring (bicyclic) bond motifs is 2. The molecule has 1 aliphatic carbocycles. The Morgan fingerprint density at radius 3 is 2.35 bits per heavy atom. The van der Waals surface area contributed by atoms with E-state index in [2.05, 4.69) is 9.80 Å². The summed E-state index contributed by atoms with van der Waals surface area (Å²) in [6.45, 7) is 6.23. The van der Waals surface area contributed by atoms with Gasteiger partial charge in [-0.05, 0) is 49.4 Å². The van der Waals surface area contributed by atoms with Crippen molar-refractivity contribution in [1.29, 1.82) is 0 Å². The van der Waals surface area contributed by atoms with Crippen LogP contribution in [0, 0.1) is 5.92 Å². The fraction of sp³-hybridized carbons (Fsp3) is 0.684. The minimum absolute atomic E-state index is 0.347. The van der Waals surface area contributed by atoms with E-state index in [-0.39, 0.29) is 0 Å². The third kappa shape index (κ3) is 3.63. The molecule has 2 saturated heterocycles. The first kappa shape index (κ1) is 18.2.